The van der Waals surface area contributed by atoms with Crippen molar-refractivity contribution >= 4 is 18.1 Å². The molecule has 2 saturated heterocycles. The predicted molar refractivity (Wildman–Crippen MR) is 105 cm³/mol. The van der Waals surface area contributed by atoms with Crippen LogP contribution in [0.25, 0.3) is 0 Å². The van der Waals surface area contributed by atoms with E-state index >= 15 is 0 Å². The van der Waals surface area contributed by atoms with Gasteiger partial charge in [-0.1, -0.05) is 12.1 Å². The van der Waals surface area contributed by atoms with Crippen LogP contribution < -0.4 is 15.5 Å². The third-order valence-electron chi connectivity index (χ3n) is 5.49. The zero-order valence-electron chi connectivity index (χ0n) is 16.0. The maximum Gasteiger partial charge on any atom is 0.333 e. The molecule has 0 bridgehead atoms. The molecule has 2 heterocycles. The van der Waals surface area contributed by atoms with E-state index in [4.69, 9.17) is 4.74 Å². The average molecular weight is 374 g/mol. The van der Waals surface area contributed by atoms with Gasteiger partial charge in [0.2, 0.25) is 6.41 Å². The van der Waals surface area contributed by atoms with Crippen LogP contribution in [0.1, 0.15) is 31.4 Å². The van der Waals surface area contributed by atoms with Crippen molar-refractivity contribution in [3.8, 4) is 0 Å². The Morgan fingerprint density at radius 2 is 1.89 bits per heavy atom. The summed E-state index contributed by atoms with van der Waals surface area (Å²) in [4.78, 5) is 27.9. The summed E-state index contributed by atoms with van der Waals surface area (Å²) in [6, 6.07) is 7.80. The first-order valence-corrected chi connectivity index (χ1v) is 9.89. The maximum absolute atomic E-state index is 12.0. The minimum Gasteiger partial charge on any atom is -0.464 e. The van der Waals surface area contributed by atoms with Gasteiger partial charge in [0.05, 0.1) is 6.61 Å². The first-order chi connectivity index (χ1) is 13.2. The lowest BCUT2D eigenvalue weighted by Gasteiger charge is -2.41. The normalized spacial score (nSPS) is 20.1. The third kappa shape index (κ3) is 4.99. The van der Waals surface area contributed by atoms with E-state index < -0.39 is 12.0 Å². The molecular formula is C20H30N4O3. The number of carbonyl (C=O) groups excluding carboxylic acids is 2. The van der Waals surface area contributed by atoms with Crippen LogP contribution in [0.5, 0.6) is 0 Å². The van der Waals surface area contributed by atoms with Crippen molar-refractivity contribution in [3.63, 3.8) is 0 Å². The summed E-state index contributed by atoms with van der Waals surface area (Å²) < 4.78 is 5.05. The molecule has 1 aromatic carbocycles. The van der Waals surface area contributed by atoms with Gasteiger partial charge in [0.1, 0.15) is 0 Å². The molecule has 0 spiro atoms. The second-order valence-corrected chi connectivity index (χ2v) is 7.07. The highest BCUT2D eigenvalue weighted by Crippen LogP contribution is 2.23. The third-order valence-corrected chi connectivity index (χ3v) is 5.49. The van der Waals surface area contributed by atoms with Crippen molar-refractivity contribution in [2.75, 3.05) is 50.8 Å². The number of piperidine rings is 1. The van der Waals surface area contributed by atoms with Gasteiger partial charge in [0.15, 0.2) is 6.04 Å². The number of hydrogen-bond acceptors (Lipinski definition) is 6. The van der Waals surface area contributed by atoms with Crippen LogP contribution in [0.4, 0.5) is 5.69 Å². The Morgan fingerprint density at radius 1 is 1.22 bits per heavy atom. The van der Waals surface area contributed by atoms with Gasteiger partial charge in [-0.05, 0) is 50.6 Å². The number of anilines is 1. The standard InChI is InChI=1S/C20H30N4O3/c1-2-27-20(26)19(22-15-25)16-3-5-17(6-4-16)23-11-13-24(14-12-23)18-7-9-21-10-8-18/h3-6,15,18-19,21H,2,7-14H2,1H3,(H,22,25). The molecule has 7 heteroatoms. The van der Waals surface area contributed by atoms with Crippen LogP contribution in [0.3, 0.4) is 0 Å². The van der Waals surface area contributed by atoms with Crippen LogP contribution in [-0.2, 0) is 14.3 Å². The molecule has 3 rings (SSSR count). The number of nitrogens with one attached hydrogen (secondary N) is 2. The molecule has 2 aliphatic heterocycles. The molecule has 0 aromatic heterocycles. The van der Waals surface area contributed by atoms with Gasteiger partial charge in [-0.2, -0.15) is 0 Å². The quantitative estimate of drug-likeness (QED) is 0.546. The molecule has 7 nitrogen and oxygen atoms in total. The largest absolute Gasteiger partial charge is 0.464 e. The summed E-state index contributed by atoms with van der Waals surface area (Å²) in [6.45, 7) is 8.49. The van der Waals surface area contributed by atoms with E-state index in [1.165, 1.54) is 12.8 Å². The molecule has 0 aliphatic carbocycles. The van der Waals surface area contributed by atoms with E-state index in [2.05, 4.69) is 20.4 Å². The molecule has 0 saturated carbocycles. The number of ether oxygens (including phenoxy) is 1. The van der Waals surface area contributed by atoms with Crippen molar-refractivity contribution in [2.45, 2.75) is 31.8 Å². The fourth-order valence-corrected chi connectivity index (χ4v) is 3.99. The monoisotopic (exact) mass is 374 g/mol. The number of nitrogens with zero attached hydrogens (tertiary/aromatic N) is 2. The van der Waals surface area contributed by atoms with Gasteiger partial charge in [-0.3, -0.25) is 9.69 Å². The molecule has 1 aromatic rings. The van der Waals surface area contributed by atoms with E-state index in [0.717, 1.165) is 56.6 Å². The molecule has 2 fully saturated rings. The molecule has 1 amide bonds. The highest BCUT2D eigenvalue weighted by molar-refractivity contribution is 5.80. The van der Waals surface area contributed by atoms with Gasteiger partial charge >= 0.3 is 5.97 Å². The molecule has 2 N–H and O–H groups in total. The Bertz CT molecular complexity index is 608. The van der Waals surface area contributed by atoms with Crippen LogP contribution in [0.2, 0.25) is 0 Å². The molecule has 2 aliphatic rings. The number of amides is 1. The number of piperazine rings is 1. The lowest BCUT2D eigenvalue weighted by molar-refractivity contribution is -0.146. The van der Waals surface area contributed by atoms with Crippen molar-refractivity contribution in [3.05, 3.63) is 29.8 Å². The van der Waals surface area contributed by atoms with Crippen molar-refractivity contribution in [2.24, 2.45) is 0 Å². The molecule has 0 radical (unpaired) electrons. The number of benzene rings is 1. The van der Waals surface area contributed by atoms with Crippen LogP contribution >= 0.6 is 0 Å². The molecule has 1 atom stereocenters. The average Bonchev–Trinajstić information content (AvgIpc) is 2.73. The summed E-state index contributed by atoms with van der Waals surface area (Å²) in [6.07, 6.45) is 3.02. The summed E-state index contributed by atoms with van der Waals surface area (Å²) in [5.41, 5.74) is 1.88. The molecule has 27 heavy (non-hydrogen) atoms. The molecule has 148 valence electrons. The minimum atomic E-state index is -0.756. The van der Waals surface area contributed by atoms with E-state index in [1.54, 1.807) is 6.92 Å². The summed E-state index contributed by atoms with van der Waals surface area (Å²) in [5.74, 6) is -0.437. The maximum atomic E-state index is 12.0. The lowest BCUT2D eigenvalue weighted by atomic mass is 10.0. The van der Waals surface area contributed by atoms with E-state index in [0.29, 0.717) is 6.41 Å². The van der Waals surface area contributed by atoms with Crippen molar-refractivity contribution in [1.82, 2.24) is 15.5 Å². The highest BCUT2D eigenvalue weighted by Gasteiger charge is 2.26. The number of esters is 1. The van der Waals surface area contributed by atoms with E-state index in [9.17, 15) is 9.59 Å². The predicted octanol–water partition coefficient (Wildman–Crippen LogP) is 0.911. The smallest absolute Gasteiger partial charge is 0.333 e. The Labute approximate surface area is 161 Å². The Morgan fingerprint density at radius 3 is 2.48 bits per heavy atom. The van der Waals surface area contributed by atoms with Crippen LogP contribution in [-0.4, -0.2) is 69.2 Å². The van der Waals surface area contributed by atoms with Crippen molar-refractivity contribution in [1.29, 1.82) is 0 Å². The lowest BCUT2D eigenvalue weighted by Crippen LogP contribution is -2.52. The Hall–Kier alpha value is -2.12. The number of carbonyl (C=O) groups is 2. The zero-order valence-corrected chi connectivity index (χ0v) is 16.0. The molecule has 1 unspecified atom stereocenters. The van der Waals surface area contributed by atoms with Gasteiger partial charge in [0.25, 0.3) is 0 Å². The first kappa shape index (κ1) is 19.6. The zero-order chi connectivity index (χ0) is 19.1. The van der Waals surface area contributed by atoms with E-state index in [1.807, 2.05) is 24.3 Å². The molecular weight excluding hydrogens is 344 g/mol. The summed E-state index contributed by atoms with van der Waals surface area (Å²) >= 11 is 0. The van der Waals surface area contributed by atoms with Crippen molar-refractivity contribution < 1.29 is 14.3 Å². The fourth-order valence-electron chi connectivity index (χ4n) is 3.99. The summed E-state index contributed by atoms with van der Waals surface area (Å²) in [5, 5.41) is 5.97. The fraction of sp³-hybridized carbons (Fsp3) is 0.600. The number of hydrogen-bond donors (Lipinski definition) is 2. The summed E-state index contributed by atoms with van der Waals surface area (Å²) in [7, 11) is 0. The van der Waals surface area contributed by atoms with Gasteiger partial charge in [-0.25, -0.2) is 4.79 Å². The van der Waals surface area contributed by atoms with Crippen LogP contribution in [0.15, 0.2) is 24.3 Å². The van der Waals surface area contributed by atoms with Crippen LogP contribution in [0, 0.1) is 0 Å². The second-order valence-electron chi connectivity index (χ2n) is 7.07. The van der Waals surface area contributed by atoms with E-state index in [-0.39, 0.29) is 6.61 Å². The Kier molecular flexibility index (Phi) is 7.06. The number of rotatable bonds is 7. The van der Waals surface area contributed by atoms with Gasteiger partial charge < -0.3 is 20.3 Å². The minimum absolute atomic E-state index is 0.287. The first-order valence-electron chi connectivity index (χ1n) is 9.89. The van der Waals surface area contributed by atoms with Gasteiger partial charge in [0, 0.05) is 37.9 Å². The topological polar surface area (TPSA) is 73.9 Å². The van der Waals surface area contributed by atoms with Gasteiger partial charge in [-0.15, -0.1) is 0 Å². The Balaban J connectivity index is 1.58. The SMILES string of the molecule is CCOC(=O)C(NC=O)c1ccc(N2CCN(C3CCNCC3)CC2)cc1. The second kappa shape index (κ2) is 9.71. The highest BCUT2D eigenvalue weighted by atomic mass is 16.5.